The quantitative estimate of drug-likeness (QED) is 0.460. The molecule has 0 aromatic carbocycles. The second kappa shape index (κ2) is 9.05. The molecule has 1 rings (SSSR count). The average Bonchev–Trinajstić information content (AvgIpc) is 2.90. The first kappa shape index (κ1) is 18.1. The number of carboxylic acids is 1. The number of nitrogens with one attached hydrogen (secondary N) is 1. The highest BCUT2D eigenvalue weighted by molar-refractivity contribution is 5.79. The van der Waals surface area contributed by atoms with Crippen molar-refractivity contribution in [2.75, 3.05) is 0 Å². The van der Waals surface area contributed by atoms with Crippen LogP contribution in [0.3, 0.4) is 0 Å². The van der Waals surface area contributed by atoms with Gasteiger partial charge in [-0.25, -0.2) is 4.98 Å². The van der Waals surface area contributed by atoms with Crippen LogP contribution in [0.25, 0.3) is 0 Å². The number of hydrogen-bond acceptors (Lipinski definition) is 5. The molecule has 3 atom stereocenters. The Morgan fingerprint density at radius 3 is 2.35 bits per heavy atom. The molecule has 0 aliphatic carbocycles. The number of aromatic nitrogens is 2. The Morgan fingerprint density at radius 1 is 1.45 bits per heavy atom. The summed E-state index contributed by atoms with van der Waals surface area (Å²) in [6, 6.07) is -1.33. The van der Waals surface area contributed by atoms with E-state index in [9.17, 15) is 9.59 Å². The number of H-pyrrole nitrogens is 1. The molecule has 0 spiro atoms. The first-order valence-electron chi connectivity index (χ1n) is 6.30. The van der Waals surface area contributed by atoms with E-state index in [-0.39, 0.29) is 12.3 Å². The predicted octanol–water partition coefficient (Wildman–Crippen LogP) is -0.791. The number of aliphatic carboxylic acids is 1. The molecule has 8 nitrogen and oxygen atoms in total. The summed E-state index contributed by atoms with van der Waals surface area (Å²) in [5, 5.41) is 8.42. The van der Waals surface area contributed by atoms with Gasteiger partial charge in [-0.2, -0.15) is 0 Å². The van der Waals surface area contributed by atoms with Crippen LogP contribution in [-0.2, 0) is 16.0 Å². The van der Waals surface area contributed by atoms with Gasteiger partial charge in [0, 0.05) is 18.3 Å². The van der Waals surface area contributed by atoms with Gasteiger partial charge in [0.05, 0.1) is 12.4 Å². The third-order valence-electron chi connectivity index (χ3n) is 2.90. The van der Waals surface area contributed by atoms with Crippen LogP contribution in [0.1, 0.15) is 26.0 Å². The second-order valence-corrected chi connectivity index (χ2v) is 4.54. The number of nitrogens with zero attached hydrogens (tertiary/aromatic N) is 1. The fourth-order valence-corrected chi connectivity index (χ4v) is 1.25. The van der Waals surface area contributed by atoms with Crippen molar-refractivity contribution in [1.82, 2.24) is 9.97 Å². The molecule has 8 N–H and O–H groups in total. The maximum Gasteiger partial charge on any atom is 0.320 e. The zero-order valence-electron chi connectivity index (χ0n) is 11.7. The maximum atomic E-state index is 10.4. The summed E-state index contributed by atoms with van der Waals surface area (Å²) in [5.74, 6) is -1.22. The standard InChI is InChI=1S/C6H9N3O2.C6H14N2O/c7-5(6(10)11)1-4-2-8-3-9-4;1-3-4(2)5(7)6(8)9/h2-3,5H,1,7H2,(H,8,9)(H,10,11);4-5H,3,7H2,1-2H3,(H2,8,9). The molecule has 0 bridgehead atoms. The normalized spacial score (nSPS) is 14.6. The average molecular weight is 285 g/mol. The molecule has 0 aliphatic heterocycles. The van der Waals surface area contributed by atoms with Crippen LogP contribution in [0.2, 0.25) is 0 Å². The Balaban J connectivity index is 0.000000370. The van der Waals surface area contributed by atoms with Crippen LogP contribution in [0.5, 0.6) is 0 Å². The highest BCUT2D eigenvalue weighted by atomic mass is 16.4. The van der Waals surface area contributed by atoms with Crippen LogP contribution in [-0.4, -0.2) is 39.0 Å². The minimum Gasteiger partial charge on any atom is -0.480 e. The van der Waals surface area contributed by atoms with Gasteiger partial charge in [0.2, 0.25) is 5.91 Å². The lowest BCUT2D eigenvalue weighted by Crippen LogP contribution is -2.41. The number of carbonyl (C=O) groups is 2. The zero-order chi connectivity index (χ0) is 15.7. The van der Waals surface area contributed by atoms with E-state index >= 15 is 0 Å². The number of nitrogens with two attached hydrogens (primary N) is 3. The van der Waals surface area contributed by atoms with E-state index in [1.165, 1.54) is 6.33 Å². The number of aromatic amines is 1. The summed E-state index contributed by atoms with van der Waals surface area (Å²) in [6.45, 7) is 3.89. The van der Waals surface area contributed by atoms with Crippen LogP contribution >= 0.6 is 0 Å². The Kier molecular flexibility index (Phi) is 8.18. The zero-order valence-corrected chi connectivity index (χ0v) is 11.7. The summed E-state index contributed by atoms with van der Waals surface area (Å²) in [7, 11) is 0. The highest BCUT2D eigenvalue weighted by Gasteiger charge is 2.15. The number of imidazole rings is 1. The fourth-order valence-electron chi connectivity index (χ4n) is 1.25. The van der Waals surface area contributed by atoms with Crippen molar-refractivity contribution in [3.8, 4) is 0 Å². The summed E-state index contributed by atoms with van der Waals surface area (Å²) < 4.78 is 0. The van der Waals surface area contributed by atoms with Gasteiger partial charge in [-0.15, -0.1) is 0 Å². The molecule has 8 heteroatoms. The first-order chi connectivity index (χ1) is 9.29. The number of primary amides is 1. The van der Waals surface area contributed by atoms with Crippen molar-refractivity contribution in [2.45, 2.75) is 38.8 Å². The summed E-state index contributed by atoms with van der Waals surface area (Å²) in [4.78, 5) is 27.2. The largest absolute Gasteiger partial charge is 0.480 e. The Morgan fingerprint density at radius 2 is 2.05 bits per heavy atom. The first-order valence-corrected chi connectivity index (χ1v) is 6.30. The highest BCUT2D eigenvalue weighted by Crippen LogP contribution is 2.03. The van der Waals surface area contributed by atoms with E-state index < -0.39 is 24.0 Å². The molecular weight excluding hydrogens is 262 g/mol. The minimum atomic E-state index is -1.00. The molecule has 20 heavy (non-hydrogen) atoms. The van der Waals surface area contributed by atoms with E-state index in [1.807, 2.05) is 13.8 Å². The van der Waals surface area contributed by atoms with Gasteiger partial charge in [-0.05, 0) is 5.92 Å². The van der Waals surface area contributed by atoms with Gasteiger partial charge in [0.1, 0.15) is 6.04 Å². The van der Waals surface area contributed by atoms with Crippen molar-refractivity contribution in [2.24, 2.45) is 23.1 Å². The number of carbonyl (C=O) groups excluding carboxylic acids is 1. The van der Waals surface area contributed by atoms with E-state index in [2.05, 4.69) is 9.97 Å². The lowest BCUT2D eigenvalue weighted by Gasteiger charge is -2.13. The third kappa shape index (κ3) is 6.86. The third-order valence-corrected chi connectivity index (χ3v) is 2.90. The number of rotatable bonds is 6. The molecule has 1 heterocycles. The van der Waals surface area contributed by atoms with Gasteiger partial charge >= 0.3 is 5.97 Å². The van der Waals surface area contributed by atoms with Gasteiger partial charge in [-0.1, -0.05) is 20.3 Å². The van der Waals surface area contributed by atoms with Crippen LogP contribution in [0, 0.1) is 5.92 Å². The molecule has 0 fully saturated rings. The smallest absolute Gasteiger partial charge is 0.320 e. The molecule has 3 unspecified atom stereocenters. The van der Waals surface area contributed by atoms with E-state index in [1.54, 1.807) is 6.20 Å². The Labute approximate surface area is 117 Å². The SMILES string of the molecule is CCC(C)C(N)C(N)=O.NC(Cc1cnc[nH]1)C(=O)O. The van der Waals surface area contributed by atoms with E-state index in [4.69, 9.17) is 22.3 Å². The van der Waals surface area contributed by atoms with Gasteiger partial charge < -0.3 is 27.3 Å². The number of amides is 1. The minimum absolute atomic E-state index is 0.197. The number of hydrogen-bond donors (Lipinski definition) is 5. The molecule has 1 aromatic heterocycles. The monoisotopic (exact) mass is 285 g/mol. The molecule has 0 saturated carbocycles. The molecule has 0 aliphatic rings. The van der Waals surface area contributed by atoms with Crippen LogP contribution in [0.4, 0.5) is 0 Å². The Hall–Kier alpha value is -1.93. The van der Waals surface area contributed by atoms with Crippen LogP contribution in [0.15, 0.2) is 12.5 Å². The van der Waals surface area contributed by atoms with E-state index in [0.717, 1.165) is 12.1 Å². The maximum absolute atomic E-state index is 10.4. The molecule has 0 saturated heterocycles. The topological polar surface area (TPSA) is 161 Å². The van der Waals surface area contributed by atoms with Crippen molar-refractivity contribution < 1.29 is 14.7 Å². The molecule has 0 radical (unpaired) electrons. The van der Waals surface area contributed by atoms with Gasteiger partial charge in [0.15, 0.2) is 0 Å². The Bertz CT molecular complexity index is 407. The fraction of sp³-hybridized carbons (Fsp3) is 0.583. The predicted molar refractivity (Wildman–Crippen MR) is 74.5 cm³/mol. The van der Waals surface area contributed by atoms with Gasteiger partial charge in [-0.3, -0.25) is 9.59 Å². The van der Waals surface area contributed by atoms with Crippen molar-refractivity contribution in [3.05, 3.63) is 18.2 Å². The molecule has 1 amide bonds. The lowest BCUT2D eigenvalue weighted by molar-refractivity contribution is -0.138. The lowest BCUT2D eigenvalue weighted by atomic mass is 10.00. The summed E-state index contributed by atoms with van der Waals surface area (Å²) in [5.41, 5.74) is 16.3. The number of carboxylic acid groups (broad SMARTS) is 1. The second-order valence-electron chi connectivity index (χ2n) is 4.54. The summed E-state index contributed by atoms with van der Waals surface area (Å²) >= 11 is 0. The molecule has 114 valence electrons. The van der Waals surface area contributed by atoms with Crippen LogP contribution < -0.4 is 17.2 Å². The van der Waals surface area contributed by atoms with E-state index in [0.29, 0.717) is 0 Å². The van der Waals surface area contributed by atoms with Crippen molar-refractivity contribution >= 4 is 11.9 Å². The molecule has 1 aromatic rings. The van der Waals surface area contributed by atoms with Crippen molar-refractivity contribution in [3.63, 3.8) is 0 Å². The molecular formula is C12H23N5O3. The van der Waals surface area contributed by atoms with Crippen molar-refractivity contribution in [1.29, 1.82) is 0 Å². The summed E-state index contributed by atoms with van der Waals surface area (Å²) in [6.07, 6.45) is 4.23. The van der Waals surface area contributed by atoms with Gasteiger partial charge in [0.25, 0.3) is 0 Å².